The molecule has 0 aliphatic carbocycles. The standard InChI is InChI=1S/C21H26N4O2/c22-18-11-14-25(15-12-18)21(27)24-19-8-6-17(7-9-19)20(26)23-13-10-16-4-2-1-3-5-16/h1-9,18H,10-15,22H2,(H,23,26)(H,24,27). The predicted molar refractivity (Wildman–Crippen MR) is 107 cm³/mol. The van der Waals surface area contributed by atoms with Gasteiger partial charge in [-0.05, 0) is 49.1 Å². The number of benzene rings is 2. The SMILES string of the molecule is NC1CCN(C(=O)Nc2ccc(C(=O)NCCc3ccccc3)cc2)CC1. The third kappa shape index (κ3) is 5.56. The van der Waals surface area contributed by atoms with Crippen LogP contribution in [-0.2, 0) is 6.42 Å². The highest BCUT2D eigenvalue weighted by molar-refractivity contribution is 5.95. The Labute approximate surface area is 159 Å². The fourth-order valence-corrected chi connectivity index (χ4v) is 3.08. The highest BCUT2D eigenvalue weighted by atomic mass is 16.2. The summed E-state index contributed by atoms with van der Waals surface area (Å²) in [6.07, 6.45) is 2.45. The Morgan fingerprint density at radius 1 is 1.00 bits per heavy atom. The summed E-state index contributed by atoms with van der Waals surface area (Å²) in [5.41, 5.74) is 8.31. The quantitative estimate of drug-likeness (QED) is 0.760. The van der Waals surface area contributed by atoms with E-state index in [-0.39, 0.29) is 18.0 Å². The van der Waals surface area contributed by atoms with E-state index in [4.69, 9.17) is 5.73 Å². The molecule has 2 aromatic rings. The molecule has 142 valence electrons. The molecule has 1 aliphatic rings. The lowest BCUT2D eigenvalue weighted by Crippen LogP contribution is -2.44. The van der Waals surface area contributed by atoms with E-state index in [1.807, 2.05) is 30.3 Å². The number of carbonyl (C=O) groups is 2. The van der Waals surface area contributed by atoms with Crippen molar-refractivity contribution in [3.63, 3.8) is 0 Å². The van der Waals surface area contributed by atoms with E-state index in [0.29, 0.717) is 30.9 Å². The van der Waals surface area contributed by atoms with Gasteiger partial charge in [0.1, 0.15) is 0 Å². The number of rotatable bonds is 5. The second kappa shape index (κ2) is 9.19. The number of carbonyl (C=O) groups excluding carboxylic acids is 2. The number of likely N-dealkylation sites (tertiary alicyclic amines) is 1. The maximum atomic E-state index is 12.3. The molecular formula is C21H26N4O2. The van der Waals surface area contributed by atoms with Crippen molar-refractivity contribution >= 4 is 17.6 Å². The van der Waals surface area contributed by atoms with Crippen molar-refractivity contribution < 1.29 is 9.59 Å². The van der Waals surface area contributed by atoms with Crippen molar-refractivity contribution in [1.29, 1.82) is 0 Å². The van der Waals surface area contributed by atoms with Gasteiger partial charge in [-0.2, -0.15) is 0 Å². The molecule has 3 rings (SSSR count). The summed E-state index contributed by atoms with van der Waals surface area (Å²) in [5, 5.41) is 5.79. The number of nitrogens with zero attached hydrogens (tertiary/aromatic N) is 1. The maximum Gasteiger partial charge on any atom is 0.321 e. The highest BCUT2D eigenvalue weighted by Gasteiger charge is 2.20. The van der Waals surface area contributed by atoms with Crippen molar-refractivity contribution in [3.8, 4) is 0 Å². The fraction of sp³-hybridized carbons (Fsp3) is 0.333. The number of nitrogens with two attached hydrogens (primary N) is 1. The average molecular weight is 366 g/mol. The van der Waals surface area contributed by atoms with Crippen LogP contribution in [0.15, 0.2) is 54.6 Å². The van der Waals surface area contributed by atoms with Crippen LogP contribution < -0.4 is 16.4 Å². The van der Waals surface area contributed by atoms with Crippen molar-refractivity contribution in [2.45, 2.75) is 25.3 Å². The zero-order chi connectivity index (χ0) is 19.1. The molecule has 0 atom stereocenters. The summed E-state index contributed by atoms with van der Waals surface area (Å²) in [7, 11) is 0. The zero-order valence-corrected chi connectivity index (χ0v) is 15.4. The first-order chi connectivity index (χ1) is 13.1. The van der Waals surface area contributed by atoms with E-state index in [0.717, 1.165) is 19.3 Å². The van der Waals surface area contributed by atoms with E-state index in [1.165, 1.54) is 5.56 Å². The minimum absolute atomic E-state index is 0.117. The minimum Gasteiger partial charge on any atom is -0.352 e. The molecule has 1 aliphatic heterocycles. The van der Waals surface area contributed by atoms with Crippen LogP contribution in [0.1, 0.15) is 28.8 Å². The molecule has 6 heteroatoms. The molecule has 2 aromatic carbocycles. The molecular weight excluding hydrogens is 340 g/mol. The second-order valence-corrected chi connectivity index (χ2v) is 6.82. The van der Waals surface area contributed by atoms with Crippen LogP contribution >= 0.6 is 0 Å². The van der Waals surface area contributed by atoms with Crippen molar-refractivity contribution in [2.24, 2.45) is 5.73 Å². The Bertz CT molecular complexity index is 754. The third-order valence-corrected chi connectivity index (χ3v) is 4.77. The van der Waals surface area contributed by atoms with E-state index in [2.05, 4.69) is 10.6 Å². The molecule has 0 unspecified atom stereocenters. The van der Waals surface area contributed by atoms with Crippen molar-refractivity contribution in [2.75, 3.05) is 25.0 Å². The van der Waals surface area contributed by atoms with E-state index in [9.17, 15) is 9.59 Å². The lowest BCUT2D eigenvalue weighted by atomic mass is 10.1. The van der Waals surface area contributed by atoms with Gasteiger partial charge in [-0.15, -0.1) is 0 Å². The van der Waals surface area contributed by atoms with Gasteiger partial charge in [0.15, 0.2) is 0 Å². The molecule has 0 spiro atoms. The number of nitrogens with one attached hydrogen (secondary N) is 2. The molecule has 4 N–H and O–H groups in total. The van der Waals surface area contributed by atoms with Crippen LogP contribution in [0.5, 0.6) is 0 Å². The normalized spacial score (nSPS) is 14.6. The Balaban J connectivity index is 1.46. The molecule has 0 saturated carbocycles. The Morgan fingerprint density at radius 3 is 2.33 bits per heavy atom. The molecule has 0 aromatic heterocycles. The average Bonchev–Trinajstić information content (AvgIpc) is 2.70. The smallest absolute Gasteiger partial charge is 0.321 e. The van der Waals surface area contributed by atoms with Crippen LogP contribution in [0.4, 0.5) is 10.5 Å². The number of piperidine rings is 1. The van der Waals surface area contributed by atoms with Gasteiger partial charge in [0.2, 0.25) is 0 Å². The zero-order valence-electron chi connectivity index (χ0n) is 15.4. The predicted octanol–water partition coefficient (Wildman–Crippen LogP) is 2.61. The van der Waals surface area contributed by atoms with E-state index >= 15 is 0 Å². The van der Waals surface area contributed by atoms with Gasteiger partial charge in [0, 0.05) is 36.9 Å². The van der Waals surface area contributed by atoms with Crippen LogP contribution in [0.25, 0.3) is 0 Å². The van der Waals surface area contributed by atoms with E-state index in [1.54, 1.807) is 29.2 Å². The summed E-state index contributed by atoms with van der Waals surface area (Å²) in [5.74, 6) is -0.117. The van der Waals surface area contributed by atoms with Crippen molar-refractivity contribution in [1.82, 2.24) is 10.2 Å². The molecule has 1 fully saturated rings. The van der Waals surface area contributed by atoms with Crippen LogP contribution in [0, 0.1) is 0 Å². The molecule has 0 radical (unpaired) electrons. The van der Waals surface area contributed by atoms with Gasteiger partial charge in [-0.25, -0.2) is 4.79 Å². The maximum absolute atomic E-state index is 12.3. The van der Waals surface area contributed by atoms with Crippen LogP contribution in [0.3, 0.4) is 0 Å². The summed E-state index contributed by atoms with van der Waals surface area (Å²) >= 11 is 0. The number of hydrogen-bond donors (Lipinski definition) is 3. The molecule has 3 amide bonds. The first-order valence-electron chi connectivity index (χ1n) is 9.35. The van der Waals surface area contributed by atoms with Gasteiger partial charge in [-0.1, -0.05) is 30.3 Å². The van der Waals surface area contributed by atoms with Crippen LogP contribution in [-0.4, -0.2) is 42.5 Å². The number of urea groups is 1. The lowest BCUT2D eigenvalue weighted by Gasteiger charge is -2.30. The summed E-state index contributed by atoms with van der Waals surface area (Å²) in [4.78, 5) is 26.3. The second-order valence-electron chi connectivity index (χ2n) is 6.82. The lowest BCUT2D eigenvalue weighted by molar-refractivity contribution is 0.0954. The largest absolute Gasteiger partial charge is 0.352 e. The third-order valence-electron chi connectivity index (χ3n) is 4.77. The molecule has 6 nitrogen and oxygen atoms in total. The van der Waals surface area contributed by atoms with Gasteiger partial charge >= 0.3 is 6.03 Å². The minimum atomic E-state index is -0.123. The topological polar surface area (TPSA) is 87.5 Å². The first kappa shape index (κ1) is 18.9. The fourth-order valence-electron chi connectivity index (χ4n) is 3.08. The molecule has 1 heterocycles. The van der Waals surface area contributed by atoms with Crippen molar-refractivity contribution in [3.05, 3.63) is 65.7 Å². The summed E-state index contributed by atoms with van der Waals surface area (Å²) in [6.45, 7) is 1.93. The molecule has 27 heavy (non-hydrogen) atoms. The van der Waals surface area contributed by atoms with Gasteiger partial charge in [-0.3, -0.25) is 4.79 Å². The monoisotopic (exact) mass is 366 g/mol. The first-order valence-corrected chi connectivity index (χ1v) is 9.35. The van der Waals surface area contributed by atoms with Gasteiger partial charge < -0.3 is 21.3 Å². The summed E-state index contributed by atoms with van der Waals surface area (Å²) < 4.78 is 0. The van der Waals surface area contributed by atoms with Gasteiger partial charge in [0.25, 0.3) is 5.91 Å². The number of amides is 3. The number of anilines is 1. The Morgan fingerprint density at radius 2 is 1.67 bits per heavy atom. The summed E-state index contributed by atoms with van der Waals surface area (Å²) in [6, 6.07) is 17.0. The Hall–Kier alpha value is -2.86. The van der Waals surface area contributed by atoms with Gasteiger partial charge in [0.05, 0.1) is 0 Å². The molecule has 0 bridgehead atoms. The molecule has 1 saturated heterocycles. The highest BCUT2D eigenvalue weighted by Crippen LogP contribution is 2.13. The Kier molecular flexibility index (Phi) is 6.44. The van der Waals surface area contributed by atoms with Crippen LogP contribution in [0.2, 0.25) is 0 Å². The number of hydrogen-bond acceptors (Lipinski definition) is 3. The van der Waals surface area contributed by atoms with E-state index < -0.39 is 0 Å².